The van der Waals surface area contributed by atoms with Gasteiger partial charge in [-0.05, 0) is 43.2 Å². The summed E-state index contributed by atoms with van der Waals surface area (Å²) < 4.78 is 47.5. The zero-order valence-corrected chi connectivity index (χ0v) is 21.4. The van der Waals surface area contributed by atoms with Crippen LogP contribution in [-0.2, 0) is 4.79 Å². The van der Waals surface area contributed by atoms with E-state index in [0.29, 0.717) is 16.5 Å². The molecule has 0 aliphatic heterocycles. The van der Waals surface area contributed by atoms with E-state index in [1.807, 2.05) is 0 Å². The predicted octanol–water partition coefficient (Wildman–Crippen LogP) is 4.18. The average Bonchev–Trinajstić information content (AvgIpc) is 3.67. The Balaban J connectivity index is 1.66. The van der Waals surface area contributed by atoms with Crippen LogP contribution < -0.4 is 26.4 Å². The fourth-order valence-electron chi connectivity index (χ4n) is 5.00. The van der Waals surface area contributed by atoms with E-state index in [0.717, 1.165) is 42.7 Å². The number of H-pyrrole nitrogens is 1. The lowest BCUT2D eigenvalue weighted by Crippen LogP contribution is -2.46. The molecule has 14 heteroatoms. The van der Waals surface area contributed by atoms with Crippen molar-refractivity contribution >= 4 is 40.0 Å². The highest BCUT2D eigenvalue weighted by Gasteiger charge is 2.39. The molecule has 0 spiro atoms. The normalized spacial score (nSPS) is 14.6. The van der Waals surface area contributed by atoms with Crippen molar-refractivity contribution in [3.63, 3.8) is 0 Å². The Hall–Kier alpha value is -5.01. The summed E-state index contributed by atoms with van der Waals surface area (Å²) in [6, 6.07) is 9.99. The lowest BCUT2D eigenvalue weighted by molar-refractivity contribution is -0.274. The molecule has 0 saturated heterocycles. The minimum atomic E-state index is -4.94. The van der Waals surface area contributed by atoms with Gasteiger partial charge in [-0.25, -0.2) is 0 Å². The minimum Gasteiger partial charge on any atom is -0.406 e. The van der Waals surface area contributed by atoms with Crippen LogP contribution in [0.25, 0.3) is 10.9 Å². The molecule has 11 nitrogen and oxygen atoms in total. The van der Waals surface area contributed by atoms with E-state index in [9.17, 15) is 27.6 Å². The summed E-state index contributed by atoms with van der Waals surface area (Å²) in [7, 11) is 0. The lowest BCUT2D eigenvalue weighted by atomic mass is 10.0. The zero-order valence-electron chi connectivity index (χ0n) is 21.4. The van der Waals surface area contributed by atoms with E-state index in [2.05, 4.69) is 20.2 Å². The third kappa shape index (κ3) is 5.66. The molecule has 3 amide bonds. The Morgan fingerprint density at radius 1 is 1.10 bits per heavy atom. The van der Waals surface area contributed by atoms with Gasteiger partial charge in [-0.3, -0.25) is 19.3 Å². The number of nitrogens with zero attached hydrogens (tertiary/aromatic N) is 2. The molecule has 1 saturated carbocycles. The number of aromatic nitrogens is 2. The number of primary amides is 1. The van der Waals surface area contributed by atoms with Crippen LogP contribution in [0.1, 0.15) is 58.3 Å². The molecule has 4 aromatic rings. The molecule has 1 fully saturated rings. The van der Waals surface area contributed by atoms with Gasteiger partial charge in [0.15, 0.2) is 5.69 Å². The molecular weight excluding hydrogens is 545 g/mol. The Labute approximate surface area is 230 Å². The number of carbonyl (C=O) groups is 3. The Morgan fingerprint density at radius 3 is 2.41 bits per heavy atom. The number of halogens is 3. The van der Waals surface area contributed by atoms with E-state index in [4.69, 9.17) is 16.0 Å². The molecule has 2 heterocycles. The van der Waals surface area contributed by atoms with Crippen molar-refractivity contribution in [2.75, 3.05) is 10.6 Å². The van der Waals surface area contributed by atoms with Gasteiger partial charge in [0, 0.05) is 34.4 Å². The Kier molecular flexibility index (Phi) is 7.30. The molecule has 0 bridgehead atoms. The number of nitrogens with one attached hydrogen (secondary N) is 2. The van der Waals surface area contributed by atoms with Crippen molar-refractivity contribution in [3.05, 3.63) is 71.7 Å². The monoisotopic (exact) mass is 570 g/mol. The smallest absolute Gasteiger partial charge is 0.406 e. The quantitative estimate of drug-likeness (QED) is 0.246. The number of aromatic amines is 1. The van der Waals surface area contributed by atoms with Crippen LogP contribution in [0, 0.1) is 0 Å². The van der Waals surface area contributed by atoms with Crippen LogP contribution in [0.3, 0.4) is 0 Å². The summed E-state index contributed by atoms with van der Waals surface area (Å²) in [6.07, 6.45) is -0.0115. The maximum Gasteiger partial charge on any atom is 0.573 e. The number of carbonyl (C=O) groups excluding carboxylic acids is 3. The second-order valence-corrected chi connectivity index (χ2v) is 9.54. The number of nitrogen functional groups attached to an aromatic ring is 1. The number of anilines is 2. The van der Waals surface area contributed by atoms with Crippen LogP contribution in [0.5, 0.6) is 5.75 Å². The topological polar surface area (TPSA) is 170 Å². The Morgan fingerprint density at radius 2 is 1.78 bits per heavy atom. The first-order chi connectivity index (χ1) is 19.5. The third-order valence-electron chi connectivity index (χ3n) is 6.85. The molecule has 2 aromatic heterocycles. The molecule has 1 aliphatic carbocycles. The second kappa shape index (κ2) is 10.9. The number of rotatable bonds is 8. The van der Waals surface area contributed by atoms with Gasteiger partial charge in [-0.2, -0.15) is 0 Å². The van der Waals surface area contributed by atoms with Crippen molar-refractivity contribution in [1.82, 2.24) is 15.5 Å². The molecular formula is C27H25F3N6O5. The number of hydrogen-bond donors (Lipinski definition) is 4. The fourth-order valence-corrected chi connectivity index (χ4v) is 5.00. The molecule has 1 aliphatic rings. The summed E-state index contributed by atoms with van der Waals surface area (Å²) >= 11 is 0. The van der Waals surface area contributed by atoms with Crippen molar-refractivity contribution in [2.24, 2.45) is 5.73 Å². The maximum absolute atomic E-state index is 14.1. The number of alkyl halides is 3. The van der Waals surface area contributed by atoms with Gasteiger partial charge in [0.1, 0.15) is 17.5 Å². The first-order valence-electron chi connectivity index (χ1n) is 12.6. The van der Waals surface area contributed by atoms with E-state index >= 15 is 0 Å². The first kappa shape index (κ1) is 27.6. The molecule has 214 valence electrons. The van der Waals surface area contributed by atoms with E-state index in [1.54, 1.807) is 30.5 Å². The summed E-state index contributed by atoms with van der Waals surface area (Å²) in [4.78, 5) is 43.9. The van der Waals surface area contributed by atoms with Gasteiger partial charge in [0.25, 0.3) is 11.8 Å². The summed E-state index contributed by atoms with van der Waals surface area (Å²) in [5, 5.41) is 7.11. The third-order valence-corrected chi connectivity index (χ3v) is 6.85. The number of benzene rings is 2. The SMILES string of the molecule is NC(=O)c1noc(C(=O)N(c2ccc(OC(F)(F)F)cc2)C(C(=O)NC2CCCC2)c2c[nH]c3ccccc23)c1N. The number of fused-ring (bicyclic) bond motifs is 1. The van der Waals surface area contributed by atoms with E-state index < -0.39 is 53.0 Å². The van der Waals surface area contributed by atoms with Gasteiger partial charge in [-0.15, -0.1) is 13.2 Å². The Bertz CT molecular complexity index is 1590. The summed E-state index contributed by atoms with van der Waals surface area (Å²) in [5.74, 6) is -3.68. The number of ether oxygens (including phenoxy) is 1. The standard InChI is InChI=1S/C27H25F3N6O5/c28-27(29,30)40-16-11-9-15(10-12-16)36(26(39)23-20(31)21(24(32)37)35-41-23)22(25(38)34-14-5-1-2-6-14)18-13-33-19-8-4-3-7-17(18)19/h3-4,7-14,22,33H,1-2,5-6,31H2,(H2,32,37)(H,34,38). The molecule has 41 heavy (non-hydrogen) atoms. The highest BCUT2D eigenvalue weighted by atomic mass is 19.4. The van der Waals surface area contributed by atoms with Crippen molar-refractivity contribution in [2.45, 2.75) is 44.1 Å². The van der Waals surface area contributed by atoms with Crippen LogP contribution >= 0.6 is 0 Å². The second-order valence-electron chi connectivity index (χ2n) is 9.54. The number of hydrogen-bond acceptors (Lipinski definition) is 7. The van der Waals surface area contributed by atoms with E-state index in [1.165, 1.54) is 12.1 Å². The van der Waals surface area contributed by atoms with Gasteiger partial charge in [0.2, 0.25) is 11.7 Å². The predicted molar refractivity (Wildman–Crippen MR) is 141 cm³/mol. The number of amides is 3. The van der Waals surface area contributed by atoms with Crippen molar-refractivity contribution in [1.29, 1.82) is 0 Å². The summed E-state index contributed by atoms with van der Waals surface area (Å²) in [5.41, 5.74) is 11.4. The minimum absolute atomic E-state index is 0.0119. The van der Waals surface area contributed by atoms with Crippen molar-refractivity contribution in [3.8, 4) is 5.75 Å². The largest absolute Gasteiger partial charge is 0.573 e. The van der Waals surface area contributed by atoms with Crippen LogP contribution in [-0.4, -0.2) is 40.3 Å². The zero-order chi connectivity index (χ0) is 29.3. The lowest BCUT2D eigenvalue weighted by Gasteiger charge is -2.31. The van der Waals surface area contributed by atoms with Gasteiger partial charge < -0.3 is 31.0 Å². The van der Waals surface area contributed by atoms with E-state index in [-0.39, 0.29) is 11.7 Å². The van der Waals surface area contributed by atoms with Gasteiger partial charge >= 0.3 is 6.36 Å². The average molecular weight is 571 g/mol. The highest BCUT2D eigenvalue weighted by Crippen LogP contribution is 2.36. The first-order valence-corrected chi connectivity index (χ1v) is 12.6. The van der Waals surface area contributed by atoms with Gasteiger partial charge in [-0.1, -0.05) is 36.2 Å². The summed E-state index contributed by atoms with van der Waals surface area (Å²) in [6.45, 7) is 0. The number of para-hydroxylation sites is 1. The molecule has 6 N–H and O–H groups in total. The highest BCUT2D eigenvalue weighted by molar-refractivity contribution is 6.13. The molecule has 1 unspecified atom stereocenters. The molecule has 1 atom stereocenters. The maximum atomic E-state index is 14.1. The van der Waals surface area contributed by atoms with Crippen LogP contribution in [0.15, 0.2) is 59.3 Å². The number of nitrogens with two attached hydrogens (primary N) is 2. The van der Waals surface area contributed by atoms with Crippen LogP contribution in [0.4, 0.5) is 24.5 Å². The van der Waals surface area contributed by atoms with Gasteiger partial charge in [0.05, 0.1) is 0 Å². The molecule has 0 radical (unpaired) electrons. The van der Waals surface area contributed by atoms with Crippen molar-refractivity contribution < 1.29 is 36.8 Å². The molecule has 5 rings (SSSR count). The molecule has 2 aromatic carbocycles. The fraction of sp³-hybridized carbons (Fsp3) is 0.259. The van der Waals surface area contributed by atoms with Crippen LogP contribution in [0.2, 0.25) is 0 Å².